The van der Waals surface area contributed by atoms with Crippen molar-refractivity contribution >= 4 is 15.9 Å². The summed E-state index contributed by atoms with van der Waals surface area (Å²) in [5.74, 6) is 0.525. The van der Waals surface area contributed by atoms with E-state index < -0.39 is 0 Å². The molecular formula is C17H18BrN. The maximum absolute atomic E-state index is 3.51. The number of rotatable bonds is 2. The third-order valence-corrected chi connectivity index (χ3v) is 4.61. The second-order valence-corrected chi connectivity index (χ2v) is 6.36. The summed E-state index contributed by atoms with van der Waals surface area (Å²) in [6, 6.07) is 18.2. The van der Waals surface area contributed by atoms with Crippen LogP contribution in [0.25, 0.3) is 0 Å². The van der Waals surface area contributed by atoms with E-state index in [2.05, 4.69) is 83.5 Å². The number of nitrogens with zero attached hydrogens (tertiary/aromatic N) is 1. The van der Waals surface area contributed by atoms with Gasteiger partial charge in [-0.3, -0.25) is 0 Å². The highest BCUT2D eigenvalue weighted by molar-refractivity contribution is 9.10. The Morgan fingerprint density at radius 3 is 2.21 bits per heavy atom. The zero-order valence-corrected chi connectivity index (χ0v) is 12.9. The fourth-order valence-corrected chi connectivity index (χ4v) is 3.37. The van der Waals surface area contributed by atoms with Gasteiger partial charge in [0.25, 0.3) is 0 Å². The molecule has 98 valence electrons. The molecule has 0 saturated heterocycles. The lowest BCUT2D eigenvalue weighted by Crippen LogP contribution is -2.17. The van der Waals surface area contributed by atoms with Crippen LogP contribution in [0.2, 0.25) is 0 Å². The normalized spacial score (nSPS) is 21.7. The molecular weight excluding hydrogens is 298 g/mol. The zero-order chi connectivity index (χ0) is 13.4. The smallest absolute Gasteiger partial charge is 0.0354 e. The summed E-state index contributed by atoms with van der Waals surface area (Å²) < 4.78 is 1.15. The van der Waals surface area contributed by atoms with E-state index in [1.165, 1.54) is 23.1 Å². The molecule has 0 unspecified atom stereocenters. The molecule has 2 aromatic rings. The summed E-state index contributed by atoms with van der Waals surface area (Å²) >= 11 is 3.51. The van der Waals surface area contributed by atoms with Crippen LogP contribution in [0.15, 0.2) is 53.0 Å². The first kappa shape index (κ1) is 12.9. The van der Waals surface area contributed by atoms with E-state index >= 15 is 0 Å². The van der Waals surface area contributed by atoms with Gasteiger partial charge < -0.3 is 4.90 Å². The third-order valence-electron chi connectivity index (χ3n) is 4.09. The molecule has 0 radical (unpaired) electrons. The van der Waals surface area contributed by atoms with Crippen LogP contribution in [0.5, 0.6) is 0 Å². The van der Waals surface area contributed by atoms with Crippen LogP contribution in [0.3, 0.4) is 0 Å². The molecule has 0 aliphatic heterocycles. The van der Waals surface area contributed by atoms with Gasteiger partial charge in [-0.15, -0.1) is 0 Å². The molecule has 2 heteroatoms. The van der Waals surface area contributed by atoms with E-state index in [0.717, 1.165) is 4.47 Å². The average Bonchev–Trinajstić information content (AvgIpc) is 2.79. The van der Waals surface area contributed by atoms with Gasteiger partial charge in [-0.2, -0.15) is 0 Å². The Hall–Kier alpha value is -1.12. The van der Waals surface area contributed by atoms with Crippen molar-refractivity contribution in [2.75, 3.05) is 14.1 Å². The van der Waals surface area contributed by atoms with Gasteiger partial charge in [-0.05, 0) is 49.3 Å². The predicted molar refractivity (Wildman–Crippen MR) is 83.5 cm³/mol. The molecule has 0 amide bonds. The van der Waals surface area contributed by atoms with E-state index in [9.17, 15) is 0 Å². The van der Waals surface area contributed by atoms with E-state index in [1.807, 2.05) is 0 Å². The Bertz CT molecular complexity index is 574. The molecule has 2 aromatic carbocycles. The van der Waals surface area contributed by atoms with Crippen molar-refractivity contribution in [1.29, 1.82) is 0 Å². The molecule has 0 aromatic heterocycles. The molecule has 2 atom stereocenters. The van der Waals surface area contributed by atoms with Crippen molar-refractivity contribution in [1.82, 2.24) is 4.90 Å². The maximum atomic E-state index is 3.51. The van der Waals surface area contributed by atoms with Crippen molar-refractivity contribution in [3.05, 3.63) is 69.7 Å². The van der Waals surface area contributed by atoms with Crippen molar-refractivity contribution in [2.45, 2.75) is 18.4 Å². The van der Waals surface area contributed by atoms with Gasteiger partial charge in [-0.1, -0.05) is 52.3 Å². The van der Waals surface area contributed by atoms with Crippen LogP contribution in [0, 0.1) is 0 Å². The fourth-order valence-electron chi connectivity index (χ4n) is 3.11. The molecule has 3 rings (SSSR count). The van der Waals surface area contributed by atoms with Crippen molar-refractivity contribution in [3.63, 3.8) is 0 Å². The second kappa shape index (κ2) is 5.10. The van der Waals surface area contributed by atoms with Crippen LogP contribution in [-0.4, -0.2) is 19.0 Å². The Morgan fingerprint density at radius 1 is 0.947 bits per heavy atom. The topological polar surface area (TPSA) is 3.24 Å². The summed E-state index contributed by atoms with van der Waals surface area (Å²) in [5.41, 5.74) is 4.39. The van der Waals surface area contributed by atoms with E-state index in [4.69, 9.17) is 0 Å². The quantitative estimate of drug-likeness (QED) is 0.783. The van der Waals surface area contributed by atoms with Crippen molar-refractivity contribution < 1.29 is 0 Å². The van der Waals surface area contributed by atoms with Gasteiger partial charge in [0.1, 0.15) is 0 Å². The molecule has 0 bridgehead atoms. The summed E-state index contributed by atoms with van der Waals surface area (Å²) in [6.45, 7) is 0. The Kier molecular flexibility index (Phi) is 3.46. The highest BCUT2D eigenvalue weighted by Crippen LogP contribution is 2.45. The highest BCUT2D eigenvalue weighted by atomic mass is 79.9. The SMILES string of the molecule is CN(C)[C@@H]1C[C@@H](c2ccc(Br)cc2)c2ccccc21. The predicted octanol–water partition coefficient (Wildman–Crippen LogP) is 4.59. The third kappa shape index (κ3) is 2.35. The molecule has 1 aliphatic carbocycles. The number of hydrogen-bond donors (Lipinski definition) is 0. The molecule has 1 nitrogen and oxygen atoms in total. The molecule has 0 N–H and O–H groups in total. The van der Waals surface area contributed by atoms with Crippen molar-refractivity contribution in [3.8, 4) is 0 Å². The minimum absolute atomic E-state index is 0.525. The number of hydrogen-bond acceptors (Lipinski definition) is 1. The standard InChI is InChI=1S/C17H18BrN/c1-19(2)17-11-16(12-7-9-13(18)10-8-12)14-5-3-4-6-15(14)17/h3-10,16-17H,11H2,1-2H3/t16-,17+/m0/s1. The van der Waals surface area contributed by atoms with Crippen LogP contribution >= 0.6 is 15.9 Å². The summed E-state index contributed by atoms with van der Waals surface area (Å²) in [6.07, 6.45) is 1.17. The van der Waals surface area contributed by atoms with E-state index in [-0.39, 0.29) is 0 Å². The van der Waals surface area contributed by atoms with Gasteiger partial charge in [-0.25, -0.2) is 0 Å². The largest absolute Gasteiger partial charge is 0.302 e. The molecule has 0 heterocycles. The first-order chi connectivity index (χ1) is 9.16. The Morgan fingerprint density at radius 2 is 1.58 bits per heavy atom. The minimum atomic E-state index is 0.525. The van der Waals surface area contributed by atoms with E-state index in [0.29, 0.717) is 12.0 Å². The lowest BCUT2D eigenvalue weighted by molar-refractivity contribution is 0.293. The Balaban J connectivity index is 2.03. The number of fused-ring (bicyclic) bond motifs is 1. The molecule has 0 fully saturated rings. The molecule has 1 aliphatic rings. The molecule has 0 saturated carbocycles. The fraction of sp³-hybridized carbons (Fsp3) is 0.294. The van der Waals surface area contributed by atoms with Crippen LogP contribution in [0.4, 0.5) is 0 Å². The van der Waals surface area contributed by atoms with Crippen molar-refractivity contribution in [2.24, 2.45) is 0 Å². The Labute approximate surface area is 123 Å². The molecule has 19 heavy (non-hydrogen) atoms. The van der Waals surface area contributed by atoms with Gasteiger partial charge in [0.05, 0.1) is 0 Å². The monoisotopic (exact) mass is 315 g/mol. The van der Waals surface area contributed by atoms with E-state index in [1.54, 1.807) is 0 Å². The van der Waals surface area contributed by atoms with Gasteiger partial charge in [0, 0.05) is 16.4 Å². The average molecular weight is 316 g/mol. The minimum Gasteiger partial charge on any atom is -0.302 e. The summed E-state index contributed by atoms with van der Waals surface area (Å²) in [5, 5.41) is 0. The lowest BCUT2D eigenvalue weighted by atomic mass is 9.93. The van der Waals surface area contributed by atoms with Gasteiger partial charge in [0.15, 0.2) is 0 Å². The maximum Gasteiger partial charge on any atom is 0.0354 e. The summed E-state index contributed by atoms with van der Waals surface area (Å²) in [4.78, 5) is 2.33. The molecule has 0 spiro atoms. The highest BCUT2D eigenvalue weighted by Gasteiger charge is 2.32. The zero-order valence-electron chi connectivity index (χ0n) is 11.3. The van der Waals surface area contributed by atoms with Gasteiger partial charge >= 0.3 is 0 Å². The second-order valence-electron chi connectivity index (χ2n) is 5.45. The van der Waals surface area contributed by atoms with Gasteiger partial charge in [0.2, 0.25) is 0 Å². The lowest BCUT2D eigenvalue weighted by Gasteiger charge is -2.20. The van der Waals surface area contributed by atoms with Crippen LogP contribution in [0.1, 0.15) is 35.1 Å². The van der Waals surface area contributed by atoms with Crippen LogP contribution < -0.4 is 0 Å². The number of halogens is 1. The van der Waals surface area contributed by atoms with Crippen LogP contribution in [-0.2, 0) is 0 Å². The summed E-state index contributed by atoms with van der Waals surface area (Å²) in [7, 11) is 4.34. The first-order valence-electron chi connectivity index (χ1n) is 6.67. The number of benzene rings is 2. The first-order valence-corrected chi connectivity index (χ1v) is 7.47.